The summed E-state index contributed by atoms with van der Waals surface area (Å²) in [4.78, 5) is 0. The summed E-state index contributed by atoms with van der Waals surface area (Å²) in [5.41, 5.74) is 0. The average Bonchev–Trinajstić information content (AvgIpc) is 2.25. The monoisotopic (exact) mass is 356 g/mol. The lowest BCUT2D eigenvalue weighted by atomic mass is 10.1. The maximum Gasteiger partial charge on any atom is 0.464 e. The van der Waals surface area contributed by atoms with Crippen molar-refractivity contribution in [1.82, 2.24) is 0 Å². The molecule has 0 spiro atoms. The molecule has 0 aromatic heterocycles. The van der Waals surface area contributed by atoms with Crippen LogP contribution in [0.1, 0.15) is 44.9 Å². The van der Waals surface area contributed by atoms with Gasteiger partial charge in [0.15, 0.2) is 0 Å². The summed E-state index contributed by atoms with van der Waals surface area (Å²) in [5.74, 6) is -0.145. The largest absolute Gasteiger partial charge is 0.464 e. The first kappa shape index (κ1) is 18.5. The van der Waals surface area contributed by atoms with Crippen LogP contribution in [0.15, 0.2) is 0 Å². The van der Waals surface area contributed by atoms with Gasteiger partial charge in [-0.05, 0) is 18.6 Å². The van der Waals surface area contributed by atoms with Crippen LogP contribution >= 0.6 is 27.7 Å². The third-order valence-electron chi connectivity index (χ3n) is 2.39. The van der Waals surface area contributed by atoms with Gasteiger partial charge in [-0.25, -0.2) is 0 Å². The summed E-state index contributed by atoms with van der Waals surface area (Å²) in [7, 11) is 0. The summed E-state index contributed by atoms with van der Waals surface area (Å²) in [5, 5.41) is -3.63. The smallest absolute Gasteiger partial charge is 0.184 e. The SMILES string of the molecule is FC(F)(F)C(F)(F)SCCCCCCCCCBr. The Labute approximate surface area is 117 Å². The number of hydrogen-bond acceptors (Lipinski definition) is 1. The highest BCUT2D eigenvalue weighted by molar-refractivity contribution is 9.09. The fourth-order valence-corrected chi connectivity index (χ4v) is 2.53. The van der Waals surface area contributed by atoms with Gasteiger partial charge in [0.05, 0.1) is 0 Å². The second-order valence-corrected chi connectivity index (χ2v) is 6.03. The van der Waals surface area contributed by atoms with Gasteiger partial charge < -0.3 is 0 Å². The number of thioether (sulfide) groups is 1. The van der Waals surface area contributed by atoms with Crippen LogP contribution in [-0.4, -0.2) is 22.5 Å². The van der Waals surface area contributed by atoms with E-state index < -0.39 is 11.4 Å². The number of hydrogen-bond donors (Lipinski definition) is 0. The molecule has 0 rings (SSSR count). The van der Waals surface area contributed by atoms with E-state index in [1.54, 1.807) is 0 Å². The molecule has 0 aliphatic carbocycles. The number of rotatable bonds is 10. The highest BCUT2D eigenvalue weighted by atomic mass is 79.9. The van der Waals surface area contributed by atoms with Crippen molar-refractivity contribution in [2.24, 2.45) is 0 Å². The summed E-state index contributed by atoms with van der Waals surface area (Å²) in [6, 6.07) is 0. The Kier molecular flexibility index (Phi) is 9.64. The molecule has 0 radical (unpaired) electrons. The quantitative estimate of drug-likeness (QED) is 0.262. The maximum absolute atomic E-state index is 12.5. The van der Waals surface area contributed by atoms with Crippen molar-refractivity contribution in [2.75, 3.05) is 11.1 Å². The highest BCUT2D eigenvalue weighted by Gasteiger charge is 2.57. The Morgan fingerprint density at radius 2 is 1.17 bits per heavy atom. The van der Waals surface area contributed by atoms with E-state index in [4.69, 9.17) is 0 Å². The third kappa shape index (κ3) is 8.56. The standard InChI is InChI=1S/C11H18BrF5S/c12-8-6-4-2-1-3-5-7-9-18-11(16,17)10(13,14)15/h1-9H2. The van der Waals surface area contributed by atoms with Gasteiger partial charge in [0, 0.05) is 5.33 Å². The molecular weight excluding hydrogens is 339 g/mol. The van der Waals surface area contributed by atoms with Crippen molar-refractivity contribution in [3.63, 3.8) is 0 Å². The molecule has 0 atom stereocenters. The maximum atomic E-state index is 12.5. The summed E-state index contributed by atoms with van der Waals surface area (Å²) < 4.78 is 60.4. The number of alkyl halides is 6. The molecule has 18 heavy (non-hydrogen) atoms. The first-order valence-electron chi connectivity index (χ1n) is 5.95. The molecule has 110 valence electrons. The summed E-state index contributed by atoms with van der Waals surface area (Å²) in [6.45, 7) is 0. The second kappa shape index (κ2) is 9.39. The summed E-state index contributed by atoms with van der Waals surface area (Å²) >= 11 is 3.01. The van der Waals surface area contributed by atoms with Crippen LogP contribution in [0.25, 0.3) is 0 Å². The van der Waals surface area contributed by atoms with Crippen LogP contribution in [0.4, 0.5) is 22.0 Å². The lowest BCUT2D eigenvalue weighted by Crippen LogP contribution is -2.33. The Hall–Kier alpha value is 0.480. The minimum Gasteiger partial charge on any atom is -0.184 e. The number of halogens is 6. The van der Waals surface area contributed by atoms with Gasteiger partial charge in [0.1, 0.15) is 0 Å². The molecule has 0 bridgehead atoms. The van der Waals surface area contributed by atoms with Crippen molar-refractivity contribution < 1.29 is 22.0 Å². The van der Waals surface area contributed by atoms with E-state index in [9.17, 15) is 22.0 Å². The van der Waals surface area contributed by atoms with Crippen LogP contribution in [0.5, 0.6) is 0 Å². The van der Waals surface area contributed by atoms with Crippen molar-refractivity contribution in [3.05, 3.63) is 0 Å². The molecule has 7 heteroatoms. The molecule has 0 aliphatic rings. The third-order valence-corrected chi connectivity index (χ3v) is 4.04. The molecule has 0 unspecified atom stereocenters. The van der Waals surface area contributed by atoms with Gasteiger partial charge in [-0.3, -0.25) is 0 Å². The van der Waals surface area contributed by atoms with Gasteiger partial charge in [-0.2, -0.15) is 22.0 Å². The first-order chi connectivity index (χ1) is 8.31. The Bertz CT molecular complexity index is 208. The summed E-state index contributed by atoms with van der Waals surface area (Å²) in [6.07, 6.45) is 0.961. The zero-order valence-electron chi connectivity index (χ0n) is 10.0. The van der Waals surface area contributed by atoms with Gasteiger partial charge >= 0.3 is 11.4 Å². The lowest BCUT2D eigenvalue weighted by molar-refractivity contribution is -0.237. The topological polar surface area (TPSA) is 0 Å². The predicted molar refractivity (Wildman–Crippen MR) is 69.6 cm³/mol. The van der Waals surface area contributed by atoms with E-state index in [2.05, 4.69) is 15.9 Å². The molecule has 0 amide bonds. The van der Waals surface area contributed by atoms with E-state index in [0.717, 1.165) is 43.9 Å². The lowest BCUT2D eigenvalue weighted by Gasteiger charge is -2.18. The molecule has 0 nitrogen and oxygen atoms in total. The highest BCUT2D eigenvalue weighted by Crippen LogP contribution is 2.44. The van der Waals surface area contributed by atoms with Crippen molar-refractivity contribution in [1.29, 1.82) is 0 Å². The molecule has 0 N–H and O–H groups in total. The molecule has 0 aromatic rings. The predicted octanol–water partition coefficient (Wildman–Crippen LogP) is 6.00. The van der Waals surface area contributed by atoms with E-state index in [0.29, 0.717) is 6.42 Å². The molecule has 0 fully saturated rings. The van der Waals surface area contributed by atoms with E-state index in [1.807, 2.05) is 0 Å². The molecular formula is C11H18BrF5S. The minimum atomic E-state index is -5.44. The molecule has 0 saturated carbocycles. The molecule has 0 aromatic carbocycles. The Balaban J connectivity index is 3.41. The van der Waals surface area contributed by atoms with E-state index in [-0.39, 0.29) is 17.5 Å². The van der Waals surface area contributed by atoms with Crippen LogP contribution in [0.2, 0.25) is 0 Å². The fourth-order valence-electron chi connectivity index (χ4n) is 1.36. The van der Waals surface area contributed by atoms with Gasteiger partial charge in [0.2, 0.25) is 0 Å². The Morgan fingerprint density at radius 1 is 0.722 bits per heavy atom. The zero-order valence-corrected chi connectivity index (χ0v) is 12.4. The fraction of sp³-hybridized carbons (Fsp3) is 1.00. The molecule has 0 aliphatic heterocycles. The van der Waals surface area contributed by atoms with Crippen LogP contribution in [0.3, 0.4) is 0 Å². The molecule has 0 saturated heterocycles. The van der Waals surface area contributed by atoms with E-state index >= 15 is 0 Å². The van der Waals surface area contributed by atoms with E-state index in [1.165, 1.54) is 0 Å². The van der Waals surface area contributed by atoms with Gasteiger partial charge in [-0.15, -0.1) is 0 Å². The van der Waals surface area contributed by atoms with Crippen molar-refractivity contribution in [3.8, 4) is 0 Å². The average molecular weight is 357 g/mol. The number of unbranched alkanes of at least 4 members (excludes halogenated alkanes) is 6. The van der Waals surface area contributed by atoms with Gasteiger partial charge in [-0.1, -0.05) is 59.8 Å². The van der Waals surface area contributed by atoms with Crippen LogP contribution in [-0.2, 0) is 0 Å². The van der Waals surface area contributed by atoms with Crippen LogP contribution < -0.4 is 0 Å². The zero-order chi connectivity index (χ0) is 14.1. The normalized spacial score (nSPS) is 13.0. The minimum absolute atomic E-state index is 0.145. The second-order valence-electron chi connectivity index (χ2n) is 4.03. The van der Waals surface area contributed by atoms with Crippen LogP contribution in [0, 0.1) is 0 Å². The van der Waals surface area contributed by atoms with Crippen molar-refractivity contribution in [2.45, 2.75) is 56.4 Å². The molecule has 0 heterocycles. The van der Waals surface area contributed by atoms with Crippen molar-refractivity contribution >= 4 is 27.7 Å². The Morgan fingerprint density at radius 3 is 1.61 bits per heavy atom. The van der Waals surface area contributed by atoms with Gasteiger partial charge in [0.25, 0.3) is 0 Å². The first-order valence-corrected chi connectivity index (χ1v) is 8.06.